The first-order valence-electron chi connectivity index (χ1n) is 10.5. The lowest BCUT2D eigenvalue weighted by molar-refractivity contribution is -0.115. The number of nitrogens with one attached hydrogen (secondary N) is 1. The van der Waals surface area contributed by atoms with Crippen molar-refractivity contribution >= 4 is 35.1 Å². The maximum absolute atomic E-state index is 12.7. The number of nitrogens with two attached hydrogens (primary N) is 1. The van der Waals surface area contributed by atoms with Crippen LogP contribution in [0.25, 0.3) is 0 Å². The van der Waals surface area contributed by atoms with E-state index in [9.17, 15) is 14.4 Å². The molecule has 1 heterocycles. The summed E-state index contributed by atoms with van der Waals surface area (Å²) in [6.45, 7) is 4.28. The zero-order valence-corrected chi connectivity index (χ0v) is 19.3. The van der Waals surface area contributed by atoms with Gasteiger partial charge in [0.25, 0.3) is 5.56 Å². The molecule has 0 bridgehead atoms. The Kier molecular flexibility index (Phi) is 8.26. The minimum atomic E-state index is -0.550. The molecule has 3 N–H and O–H groups in total. The van der Waals surface area contributed by atoms with Crippen molar-refractivity contribution < 1.29 is 14.3 Å². The number of nitrogen functional groups attached to an aromatic ring is 1. The van der Waals surface area contributed by atoms with Crippen molar-refractivity contribution in [2.24, 2.45) is 0 Å². The molecule has 0 saturated heterocycles. The van der Waals surface area contributed by atoms with Gasteiger partial charge in [0.1, 0.15) is 5.82 Å². The van der Waals surface area contributed by atoms with Crippen LogP contribution in [0.15, 0.2) is 70.6 Å². The normalized spacial score (nSPS) is 11.6. The molecule has 3 rings (SSSR count). The number of nitrogens with zero attached hydrogens (tertiary/aromatic N) is 2. The number of aryl methyl sites for hydroxylation is 1. The Balaban J connectivity index is 1.68. The van der Waals surface area contributed by atoms with Crippen LogP contribution in [-0.2, 0) is 22.5 Å². The number of anilines is 2. The highest BCUT2D eigenvalue weighted by molar-refractivity contribution is 8.00. The highest BCUT2D eigenvalue weighted by atomic mass is 32.2. The second-order valence-electron chi connectivity index (χ2n) is 7.24. The summed E-state index contributed by atoms with van der Waals surface area (Å²) in [6, 6.07) is 17.6. The van der Waals surface area contributed by atoms with Crippen LogP contribution < -0.4 is 16.6 Å². The molecule has 0 unspecified atom stereocenters. The number of thioether (sulfide) groups is 1. The van der Waals surface area contributed by atoms with Gasteiger partial charge in [0.2, 0.25) is 5.91 Å². The van der Waals surface area contributed by atoms with E-state index >= 15 is 0 Å². The molecule has 2 aromatic carbocycles. The van der Waals surface area contributed by atoms with E-state index in [1.807, 2.05) is 30.3 Å². The fraction of sp³-hybridized carbons (Fsp3) is 0.250. The summed E-state index contributed by atoms with van der Waals surface area (Å²) in [6.07, 6.45) is 0.705. The molecule has 0 fully saturated rings. The Bertz CT molecular complexity index is 1160. The van der Waals surface area contributed by atoms with Gasteiger partial charge < -0.3 is 20.4 Å². The topological polar surface area (TPSA) is 116 Å². The van der Waals surface area contributed by atoms with Gasteiger partial charge in [0.15, 0.2) is 5.16 Å². The average molecular weight is 467 g/mol. The van der Waals surface area contributed by atoms with Gasteiger partial charge in [-0.15, -0.1) is 0 Å². The number of rotatable bonds is 9. The number of hydrogen-bond acceptors (Lipinski definition) is 7. The second kappa shape index (κ2) is 11.3. The molecule has 172 valence electrons. The Hall–Kier alpha value is -3.59. The van der Waals surface area contributed by atoms with E-state index in [1.54, 1.807) is 42.7 Å². The molecule has 33 heavy (non-hydrogen) atoms. The zero-order valence-electron chi connectivity index (χ0n) is 18.5. The third-order valence-electron chi connectivity index (χ3n) is 4.80. The zero-order chi connectivity index (χ0) is 23.8. The minimum absolute atomic E-state index is 0.268. The lowest BCUT2D eigenvalue weighted by Crippen LogP contribution is -2.25. The van der Waals surface area contributed by atoms with Gasteiger partial charge in [0, 0.05) is 18.3 Å². The van der Waals surface area contributed by atoms with E-state index in [-0.39, 0.29) is 5.91 Å². The molecule has 0 aliphatic carbocycles. The number of hydrogen-bond donors (Lipinski definition) is 2. The van der Waals surface area contributed by atoms with E-state index in [2.05, 4.69) is 10.3 Å². The van der Waals surface area contributed by atoms with E-state index in [4.69, 9.17) is 10.5 Å². The number of carbonyl (C=O) groups excluding carboxylic acids is 2. The summed E-state index contributed by atoms with van der Waals surface area (Å²) in [7, 11) is 0. The van der Waals surface area contributed by atoms with Crippen LogP contribution in [0.4, 0.5) is 11.5 Å². The SMILES string of the molecule is CCOC(=O)c1ccc(NC(=O)[C@@H](C)Sc2nc(=O)cc(N)n2CCc2ccccc2)cc1. The number of carbonyl (C=O) groups is 2. The maximum Gasteiger partial charge on any atom is 0.338 e. The number of ether oxygens (including phenoxy) is 1. The molecule has 0 spiro atoms. The first-order chi connectivity index (χ1) is 15.9. The van der Waals surface area contributed by atoms with Crippen molar-refractivity contribution in [1.82, 2.24) is 9.55 Å². The second-order valence-corrected chi connectivity index (χ2v) is 8.54. The molecule has 9 heteroatoms. The summed E-state index contributed by atoms with van der Waals surface area (Å²) in [4.78, 5) is 40.5. The Morgan fingerprint density at radius 2 is 1.85 bits per heavy atom. The molecule has 0 saturated carbocycles. The van der Waals surface area contributed by atoms with Gasteiger partial charge >= 0.3 is 5.97 Å². The van der Waals surface area contributed by atoms with Crippen molar-refractivity contribution in [3.8, 4) is 0 Å². The van der Waals surface area contributed by atoms with Crippen LogP contribution in [0.5, 0.6) is 0 Å². The summed E-state index contributed by atoms with van der Waals surface area (Å²) >= 11 is 1.16. The lowest BCUT2D eigenvalue weighted by atomic mass is 10.1. The average Bonchev–Trinajstić information content (AvgIpc) is 2.79. The number of esters is 1. The molecular weight excluding hydrogens is 440 g/mol. The van der Waals surface area contributed by atoms with Crippen LogP contribution in [-0.4, -0.2) is 33.3 Å². The van der Waals surface area contributed by atoms with E-state index in [0.717, 1.165) is 17.3 Å². The quantitative estimate of drug-likeness (QED) is 0.282. The molecular formula is C24H26N4O4S. The predicted molar refractivity (Wildman–Crippen MR) is 129 cm³/mol. The molecule has 0 aliphatic heterocycles. The first-order valence-corrected chi connectivity index (χ1v) is 11.4. The van der Waals surface area contributed by atoms with Crippen molar-refractivity contribution in [3.63, 3.8) is 0 Å². The molecule has 1 amide bonds. The Labute approximate surface area is 196 Å². The molecule has 0 aliphatic rings. The van der Waals surface area contributed by atoms with E-state index in [0.29, 0.717) is 41.8 Å². The molecule has 1 aromatic heterocycles. The standard InChI is InChI=1S/C24H26N4O4S/c1-3-32-23(31)18-9-11-19(12-10-18)26-22(30)16(2)33-24-27-21(29)15-20(25)28(24)14-13-17-7-5-4-6-8-17/h4-12,15-16H,3,13-14,25H2,1-2H3,(H,26,30)/t16-/m1/s1. The Morgan fingerprint density at radius 1 is 1.15 bits per heavy atom. The van der Waals surface area contributed by atoms with Crippen molar-refractivity contribution in [3.05, 3.63) is 82.1 Å². The van der Waals surface area contributed by atoms with Crippen LogP contribution in [0, 0.1) is 0 Å². The summed E-state index contributed by atoms with van der Waals surface area (Å²) < 4.78 is 6.70. The van der Waals surface area contributed by atoms with E-state index < -0.39 is 16.8 Å². The first kappa shape index (κ1) is 24.1. The van der Waals surface area contributed by atoms with Crippen molar-refractivity contribution in [2.45, 2.75) is 37.2 Å². The lowest BCUT2D eigenvalue weighted by Gasteiger charge is -2.17. The minimum Gasteiger partial charge on any atom is -0.462 e. The molecule has 1 atom stereocenters. The molecule has 8 nitrogen and oxygen atoms in total. The highest BCUT2D eigenvalue weighted by Gasteiger charge is 2.19. The monoisotopic (exact) mass is 466 g/mol. The summed E-state index contributed by atoms with van der Waals surface area (Å²) in [5.74, 6) is -0.383. The third-order valence-corrected chi connectivity index (χ3v) is 5.89. The summed E-state index contributed by atoms with van der Waals surface area (Å²) in [5, 5.41) is 2.64. The Morgan fingerprint density at radius 3 is 2.52 bits per heavy atom. The molecule has 3 aromatic rings. The highest BCUT2D eigenvalue weighted by Crippen LogP contribution is 2.24. The van der Waals surface area contributed by atoms with Gasteiger partial charge in [-0.05, 0) is 50.1 Å². The maximum atomic E-state index is 12.7. The summed E-state index contributed by atoms with van der Waals surface area (Å²) in [5.41, 5.74) is 7.72. The molecule has 0 radical (unpaired) electrons. The van der Waals surface area contributed by atoms with Crippen LogP contribution in [0.1, 0.15) is 29.8 Å². The predicted octanol–water partition coefficient (Wildman–Crippen LogP) is 3.36. The van der Waals surface area contributed by atoms with Crippen LogP contribution >= 0.6 is 11.8 Å². The van der Waals surface area contributed by atoms with Gasteiger partial charge in [-0.25, -0.2) is 4.79 Å². The largest absolute Gasteiger partial charge is 0.462 e. The van der Waals surface area contributed by atoms with Gasteiger partial charge in [-0.1, -0.05) is 42.1 Å². The van der Waals surface area contributed by atoms with Gasteiger partial charge in [-0.3, -0.25) is 9.59 Å². The van der Waals surface area contributed by atoms with E-state index in [1.165, 1.54) is 6.07 Å². The number of aromatic nitrogens is 2. The van der Waals surface area contributed by atoms with Crippen LogP contribution in [0.3, 0.4) is 0 Å². The smallest absolute Gasteiger partial charge is 0.338 e. The fourth-order valence-electron chi connectivity index (χ4n) is 3.06. The fourth-order valence-corrected chi connectivity index (χ4v) is 4.01. The van der Waals surface area contributed by atoms with Crippen molar-refractivity contribution in [2.75, 3.05) is 17.7 Å². The number of amides is 1. The third kappa shape index (κ3) is 6.69. The van der Waals surface area contributed by atoms with Gasteiger partial charge in [-0.2, -0.15) is 4.98 Å². The van der Waals surface area contributed by atoms with Crippen LogP contribution in [0.2, 0.25) is 0 Å². The van der Waals surface area contributed by atoms with Gasteiger partial charge in [0.05, 0.1) is 17.4 Å². The van der Waals surface area contributed by atoms with Crippen molar-refractivity contribution in [1.29, 1.82) is 0 Å². The number of benzene rings is 2.